The quantitative estimate of drug-likeness (QED) is 0.486. The number of benzene rings is 2. The van der Waals surface area contributed by atoms with Crippen molar-refractivity contribution in [3.05, 3.63) is 59.7 Å². The van der Waals surface area contributed by atoms with E-state index in [1.807, 2.05) is 24.3 Å². The maximum atomic E-state index is 12.7. The van der Waals surface area contributed by atoms with Gasteiger partial charge in [-0.15, -0.1) is 0 Å². The van der Waals surface area contributed by atoms with E-state index >= 15 is 0 Å². The molecule has 2 atom stereocenters. The number of carbonyl (C=O) groups is 3. The van der Waals surface area contributed by atoms with Crippen LogP contribution in [0.15, 0.2) is 48.5 Å². The fourth-order valence-electron chi connectivity index (χ4n) is 4.90. The van der Waals surface area contributed by atoms with Crippen molar-refractivity contribution in [2.75, 3.05) is 13.2 Å². The van der Waals surface area contributed by atoms with Crippen molar-refractivity contribution in [2.24, 2.45) is 11.8 Å². The Morgan fingerprint density at radius 2 is 1.62 bits per heavy atom. The predicted molar refractivity (Wildman–Crippen MR) is 128 cm³/mol. The molecule has 1 saturated carbocycles. The lowest BCUT2D eigenvalue weighted by Crippen LogP contribution is -2.46. The average molecular weight is 465 g/mol. The minimum atomic E-state index is -0.883. The Balaban J connectivity index is 1.32. The van der Waals surface area contributed by atoms with Gasteiger partial charge in [-0.3, -0.25) is 9.59 Å². The lowest BCUT2D eigenvalue weighted by Gasteiger charge is -2.33. The first kappa shape index (κ1) is 23.8. The summed E-state index contributed by atoms with van der Waals surface area (Å²) in [4.78, 5) is 36.0. The number of amides is 2. The molecule has 0 spiro atoms. The molecule has 0 radical (unpaired) electrons. The van der Waals surface area contributed by atoms with Crippen LogP contribution in [0.1, 0.15) is 56.1 Å². The average Bonchev–Trinajstić information content (AvgIpc) is 3.08. The van der Waals surface area contributed by atoms with Gasteiger partial charge in [-0.2, -0.15) is 0 Å². The lowest BCUT2D eigenvalue weighted by molar-refractivity contribution is -0.138. The first-order chi connectivity index (χ1) is 16.4. The highest BCUT2D eigenvalue weighted by atomic mass is 16.5. The zero-order valence-electron chi connectivity index (χ0n) is 19.5. The number of ether oxygens (including phenoxy) is 1. The molecule has 0 bridgehead atoms. The number of carboxylic acid groups (broad SMARTS) is 1. The van der Waals surface area contributed by atoms with Crippen LogP contribution in [0.3, 0.4) is 0 Å². The standard InChI is InChI=1S/C27H32N2O5/c1-17(13-26(31)32)15-28-25(30)14-24(18-7-6-8-18)29-27(33)34-16-23-21-11-4-2-9-19(21)20-10-3-5-12-22(20)23/h2-5,9-12,17-18,23-24H,6-8,13-16H2,1H3,(H,28,30)(H,29,33)(H,31,32). The van der Waals surface area contributed by atoms with Crippen LogP contribution in [0, 0.1) is 11.8 Å². The Morgan fingerprint density at radius 3 is 2.18 bits per heavy atom. The smallest absolute Gasteiger partial charge is 0.407 e. The Kier molecular flexibility index (Phi) is 7.50. The summed E-state index contributed by atoms with van der Waals surface area (Å²) in [5, 5.41) is 14.6. The molecule has 0 heterocycles. The number of hydrogen-bond acceptors (Lipinski definition) is 4. The fourth-order valence-corrected chi connectivity index (χ4v) is 4.90. The summed E-state index contributed by atoms with van der Waals surface area (Å²) in [6.45, 7) is 2.32. The summed E-state index contributed by atoms with van der Waals surface area (Å²) < 4.78 is 5.67. The van der Waals surface area contributed by atoms with Crippen LogP contribution in [-0.2, 0) is 14.3 Å². The van der Waals surface area contributed by atoms with Crippen LogP contribution in [-0.4, -0.2) is 42.3 Å². The van der Waals surface area contributed by atoms with Crippen molar-refractivity contribution in [3.63, 3.8) is 0 Å². The van der Waals surface area contributed by atoms with Gasteiger partial charge in [0.05, 0.1) is 0 Å². The van der Waals surface area contributed by atoms with Crippen LogP contribution in [0.5, 0.6) is 0 Å². The number of alkyl carbamates (subject to hydrolysis) is 1. The highest BCUT2D eigenvalue weighted by Gasteiger charge is 2.32. The van der Waals surface area contributed by atoms with E-state index in [0.717, 1.165) is 30.4 Å². The number of rotatable bonds is 10. The van der Waals surface area contributed by atoms with Gasteiger partial charge in [0.2, 0.25) is 5.91 Å². The van der Waals surface area contributed by atoms with Gasteiger partial charge in [0.1, 0.15) is 6.61 Å². The van der Waals surface area contributed by atoms with Crippen LogP contribution in [0.25, 0.3) is 11.1 Å². The molecule has 2 aliphatic rings. The van der Waals surface area contributed by atoms with E-state index in [1.54, 1.807) is 6.92 Å². The van der Waals surface area contributed by atoms with Crippen molar-refractivity contribution in [3.8, 4) is 11.1 Å². The minimum Gasteiger partial charge on any atom is -0.481 e. The maximum absolute atomic E-state index is 12.7. The normalized spacial score (nSPS) is 16.5. The van der Waals surface area contributed by atoms with E-state index in [9.17, 15) is 14.4 Å². The Labute approximate surface area is 199 Å². The topological polar surface area (TPSA) is 105 Å². The molecule has 3 N–H and O–H groups in total. The molecule has 7 nitrogen and oxygen atoms in total. The third kappa shape index (κ3) is 5.58. The van der Waals surface area contributed by atoms with E-state index in [0.29, 0.717) is 6.54 Å². The van der Waals surface area contributed by atoms with E-state index in [-0.39, 0.29) is 49.2 Å². The Hall–Kier alpha value is -3.35. The molecule has 2 aromatic rings. The van der Waals surface area contributed by atoms with Crippen molar-refractivity contribution in [2.45, 2.75) is 51.0 Å². The molecule has 0 saturated heterocycles. The van der Waals surface area contributed by atoms with E-state index in [4.69, 9.17) is 9.84 Å². The van der Waals surface area contributed by atoms with Crippen LogP contribution in [0.4, 0.5) is 4.79 Å². The molecule has 2 aromatic carbocycles. The van der Waals surface area contributed by atoms with Gasteiger partial charge < -0.3 is 20.5 Å². The molecule has 0 aromatic heterocycles. The predicted octanol–water partition coefficient (Wildman–Crippen LogP) is 4.31. The fraction of sp³-hybridized carbons (Fsp3) is 0.444. The second-order valence-corrected chi connectivity index (χ2v) is 9.48. The van der Waals surface area contributed by atoms with Gasteiger partial charge in [-0.05, 0) is 46.9 Å². The van der Waals surface area contributed by atoms with E-state index in [1.165, 1.54) is 11.1 Å². The van der Waals surface area contributed by atoms with E-state index < -0.39 is 12.1 Å². The van der Waals surface area contributed by atoms with Crippen molar-refractivity contribution in [1.29, 1.82) is 0 Å². The second-order valence-electron chi connectivity index (χ2n) is 9.48. The molecular weight excluding hydrogens is 432 g/mol. The molecule has 2 amide bonds. The summed E-state index contributed by atoms with van der Waals surface area (Å²) in [6, 6.07) is 16.1. The highest BCUT2D eigenvalue weighted by molar-refractivity contribution is 5.79. The number of aliphatic carboxylic acids is 1. The van der Waals surface area contributed by atoms with Crippen molar-refractivity contribution < 1.29 is 24.2 Å². The first-order valence-corrected chi connectivity index (χ1v) is 12.0. The summed E-state index contributed by atoms with van der Waals surface area (Å²) >= 11 is 0. The Morgan fingerprint density at radius 1 is 1.00 bits per heavy atom. The van der Waals surface area contributed by atoms with Crippen molar-refractivity contribution in [1.82, 2.24) is 10.6 Å². The Bertz CT molecular complexity index is 1000. The summed E-state index contributed by atoms with van der Waals surface area (Å²) in [5.74, 6) is -0.986. The monoisotopic (exact) mass is 464 g/mol. The van der Waals surface area contributed by atoms with Gasteiger partial charge in [-0.1, -0.05) is 61.9 Å². The van der Waals surface area contributed by atoms with Crippen LogP contribution < -0.4 is 10.6 Å². The largest absolute Gasteiger partial charge is 0.481 e. The van der Waals surface area contributed by atoms with E-state index in [2.05, 4.69) is 34.9 Å². The van der Waals surface area contributed by atoms with Gasteiger partial charge in [0, 0.05) is 31.3 Å². The minimum absolute atomic E-state index is 0.00430. The number of nitrogens with one attached hydrogen (secondary N) is 2. The second kappa shape index (κ2) is 10.7. The zero-order chi connectivity index (χ0) is 24.1. The number of carbonyl (C=O) groups excluding carboxylic acids is 2. The van der Waals surface area contributed by atoms with Gasteiger partial charge >= 0.3 is 12.1 Å². The molecular formula is C27H32N2O5. The lowest BCUT2D eigenvalue weighted by atomic mass is 9.78. The maximum Gasteiger partial charge on any atom is 0.407 e. The zero-order valence-corrected chi connectivity index (χ0v) is 19.5. The number of hydrogen-bond donors (Lipinski definition) is 3. The molecule has 2 aliphatic carbocycles. The summed E-state index contributed by atoms with van der Waals surface area (Å²) in [7, 11) is 0. The summed E-state index contributed by atoms with van der Waals surface area (Å²) in [6.07, 6.45) is 2.68. The third-order valence-electron chi connectivity index (χ3n) is 6.94. The molecule has 4 rings (SSSR count). The molecule has 2 unspecified atom stereocenters. The highest BCUT2D eigenvalue weighted by Crippen LogP contribution is 2.44. The molecule has 180 valence electrons. The first-order valence-electron chi connectivity index (χ1n) is 12.0. The molecule has 34 heavy (non-hydrogen) atoms. The van der Waals surface area contributed by atoms with Gasteiger partial charge in [0.15, 0.2) is 0 Å². The number of fused-ring (bicyclic) bond motifs is 3. The SMILES string of the molecule is CC(CNC(=O)CC(NC(=O)OCC1c2ccccc2-c2ccccc21)C1CCC1)CC(=O)O. The number of carboxylic acids is 1. The van der Waals surface area contributed by atoms with Crippen molar-refractivity contribution >= 4 is 18.0 Å². The van der Waals surface area contributed by atoms with Gasteiger partial charge in [-0.25, -0.2) is 4.79 Å². The van der Waals surface area contributed by atoms with Gasteiger partial charge in [0.25, 0.3) is 0 Å². The van der Waals surface area contributed by atoms with Crippen LogP contribution >= 0.6 is 0 Å². The van der Waals surface area contributed by atoms with Crippen LogP contribution in [0.2, 0.25) is 0 Å². The molecule has 7 heteroatoms. The molecule has 0 aliphatic heterocycles. The summed E-state index contributed by atoms with van der Waals surface area (Å²) in [5.41, 5.74) is 4.66. The third-order valence-corrected chi connectivity index (χ3v) is 6.94. The molecule has 1 fully saturated rings.